The number of carbonyl (C=O) groups excluding carboxylic acids is 6. The molecule has 5 N–H and O–H groups in total. The van der Waals surface area contributed by atoms with Crippen molar-refractivity contribution in [3.63, 3.8) is 0 Å². The van der Waals surface area contributed by atoms with Gasteiger partial charge in [0.1, 0.15) is 12.1 Å². The first-order valence-electron chi connectivity index (χ1n) is 25.7. The van der Waals surface area contributed by atoms with E-state index >= 15 is 0 Å². The van der Waals surface area contributed by atoms with E-state index in [1.807, 2.05) is 81.4 Å². The first kappa shape index (κ1) is 55.1. The third-order valence-corrected chi connectivity index (χ3v) is 14.6. The van der Waals surface area contributed by atoms with Crippen LogP contribution >= 0.6 is 11.3 Å². The lowest BCUT2D eigenvalue weighted by Gasteiger charge is -2.35. The van der Waals surface area contributed by atoms with Gasteiger partial charge in [-0.05, 0) is 110 Å². The number of likely N-dealkylation sites (tertiary alicyclic amines) is 2. The van der Waals surface area contributed by atoms with E-state index in [-0.39, 0.29) is 55.0 Å². The van der Waals surface area contributed by atoms with Gasteiger partial charge in [-0.15, -0.1) is 11.3 Å². The summed E-state index contributed by atoms with van der Waals surface area (Å²) >= 11 is 1.58. The third kappa shape index (κ3) is 16.4. The average Bonchev–Trinajstić information content (AvgIpc) is 4.00. The maximum Gasteiger partial charge on any atom is 0.253 e. The second kappa shape index (κ2) is 27.0. The molecule has 0 aliphatic carbocycles. The highest BCUT2D eigenvalue weighted by atomic mass is 32.1. The lowest BCUT2D eigenvalue weighted by molar-refractivity contribution is -0.144. The summed E-state index contributed by atoms with van der Waals surface area (Å²) in [4.78, 5) is 92.0. The standard InChI is InChI=1S/C56H74N8O7S/c1-38(42-18-20-43(21-19-42)50-39(2)60-37-72-50)61-53(69)47-34-46(65)36-64(47)55(71)51(56(3,4)5)62-49(67)16-9-7-6-8-11-31-59-52(68)44-22-24-45(25-23-44)54(70)63-32-27-40(28-33-63)14-10-12-30-58-48(66)26-17-41-15-13-29-57-35-41/h13,15,17-26,29,35,37-38,40,46-47,51,65H,6-12,14,16,27-28,30-34,36H2,1-5H3,(H,58,66)(H,59,68)(H,61,69)(H,62,67)/b26-17+/t38-,46+,47-,51+/m0/s1. The largest absolute Gasteiger partial charge is 0.391 e. The van der Waals surface area contributed by atoms with E-state index in [2.05, 4.69) is 31.2 Å². The molecule has 2 aliphatic rings. The number of pyridine rings is 1. The van der Waals surface area contributed by atoms with Crippen molar-refractivity contribution in [1.29, 1.82) is 0 Å². The van der Waals surface area contributed by atoms with Gasteiger partial charge < -0.3 is 36.2 Å². The molecule has 2 aromatic heterocycles. The minimum absolute atomic E-state index is 0.00626. The van der Waals surface area contributed by atoms with Crippen molar-refractivity contribution in [2.24, 2.45) is 11.3 Å². The zero-order chi connectivity index (χ0) is 51.6. The first-order valence-corrected chi connectivity index (χ1v) is 26.6. The first-order chi connectivity index (χ1) is 34.6. The summed E-state index contributed by atoms with van der Waals surface area (Å²) in [5.41, 5.74) is 6.04. The topological polar surface area (TPSA) is 203 Å². The summed E-state index contributed by atoms with van der Waals surface area (Å²) in [7, 11) is 0. The Labute approximate surface area is 429 Å². The fraction of sp³-hybridized carbons (Fsp3) is 0.500. The van der Waals surface area contributed by atoms with Gasteiger partial charge in [-0.1, -0.05) is 83.2 Å². The van der Waals surface area contributed by atoms with Crippen LogP contribution in [0.1, 0.15) is 148 Å². The smallest absolute Gasteiger partial charge is 0.253 e. The van der Waals surface area contributed by atoms with Crippen LogP contribution in [-0.2, 0) is 19.2 Å². The number of aryl methyl sites for hydroxylation is 1. The number of β-amino-alcohol motifs (C(OH)–C–C–N with tert-alkyl or cyclic N) is 1. The van der Waals surface area contributed by atoms with Gasteiger partial charge >= 0.3 is 0 Å². The molecule has 2 fully saturated rings. The predicted molar refractivity (Wildman–Crippen MR) is 282 cm³/mol. The van der Waals surface area contributed by atoms with Gasteiger partial charge in [0.05, 0.1) is 28.2 Å². The molecule has 0 unspecified atom stereocenters. The molecule has 2 saturated heterocycles. The number of unbranched alkanes of at least 4 members (excludes halogenated alkanes) is 5. The minimum atomic E-state index is -0.891. The van der Waals surface area contributed by atoms with Crippen molar-refractivity contribution in [3.8, 4) is 10.4 Å². The van der Waals surface area contributed by atoms with Crippen LogP contribution in [0.25, 0.3) is 16.5 Å². The Bertz CT molecular complexity index is 2450. The van der Waals surface area contributed by atoms with Gasteiger partial charge in [0.25, 0.3) is 11.8 Å². The van der Waals surface area contributed by atoms with Gasteiger partial charge in [-0.3, -0.25) is 33.8 Å². The van der Waals surface area contributed by atoms with E-state index in [9.17, 15) is 33.9 Å². The number of piperidine rings is 1. The number of amides is 6. The van der Waals surface area contributed by atoms with E-state index in [0.29, 0.717) is 49.6 Å². The van der Waals surface area contributed by atoms with Crippen LogP contribution in [0.2, 0.25) is 0 Å². The summed E-state index contributed by atoms with van der Waals surface area (Å²) in [6.45, 7) is 12.0. The molecule has 6 amide bonds. The Morgan fingerprint density at radius 1 is 0.847 bits per heavy atom. The van der Waals surface area contributed by atoms with Crippen molar-refractivity contribution in [3.05, 3.63) is 113 Å². The Morgan fingerprint density at radius 3 is 2.21 bits per heavy atom. The number of thiazole rings is 1. The molecule has 386 valence electrons. The summed E-state index contributed by atoms with van der Waals surface area (Å²) in [5, 5.41) is 22.5. The number of aromatic nitrogens is 2. The van der Waals surface area contributed by atoms with Crippen LogP contribution in [0.3, 0.4) is 0 Å². The molecule has 2 aromatic carbocycles. The fourth-order valence-corrected chi connectivity index (χ4v) is 10.2. The molecule has 0 radical (unpaired) electrons. The Hall–Kier alpha value is -6.26. The van der Waals surface area contributed by atoms with Crippen molar-refractivity contribution in [1.82, 2.24) is 41.0 Å². The molecule has 16 heteroatoms. The van der Waals surface area contributed by atoms with Crippen LogP contribution in [0.15, 0.2) is 84.6 Å². The third-order valence-electron chi connectivity index (χ3n) is 13.7. The van der Waals surface area contributed by atoms with Crippen LogP contribution < -0.4 is 21.3 Å². The fourth-order valence-electron chi connectivity index (χ4n) is 9.34. The number of hydrogen-bond acceptors (Lipinski definition) is 10. The Kier molecular flexibility index (Phi) is 20.6. The van der Waals surface area contributed by atoms with Crippen molar-refractivity contribution < 1.29 is 33.9 Å². The van der Waals surface area contributed by atoms with E-state index in [1.54, 1.807) is 54.1 Å². The number of aliphatic hydroxyl groups is 1. The van der Waals surface area contributed by atoms with Gasteiger partial charge in [0, 0.05) is 75.2 Å². The van der Waals surface area contributed by atoms with E-state index in [0.717, 1.165) is 85.0 Å². The normalized spacial score (nSPS) is 17.1. The molecule has 15 nitrogen and oxygen atoms in total. The highest BCUT2D eigenvalue weighted by Crippen LogP contribution is 2.30. The zero-order valence-electron chi connectivity index (χ0n) is 42.7. The Morgan fingerprint density at radius 2 is 1.53 bits per heavy atom. The summed E-state index contributed by atoms with van der Waals surface area (Å²) in [5.74, 6) is -0.754. The maximum absolute atomic E-state index is 14.1. The van der Waals surface area contributed by atoms with Gasteiger partial charge in [0.15, 0.2) is 0 Å². The van der Waals surface area contributed by atoms with Crippen LogP contribution in [0.5, 0.6) is 0 Å². The number of benzene rings is 2. The molecule has 4 aromatic rings. The van der Waals surface area contributed by atoms with E-state index in [1.165, 1.54) is 11.0 Å². The molecule has 4 atom stereocenters. The van der Waals surface area contributed by atoms with Gasteiger partial charge in [-0.2, -0.15) is 0 Å². The van der Waals surface area contributed by atoms with Crippen LogP contribution in [0.4, 0.5) is 0 Å². The SMILES string of the molecule is Cc1ncsc1-c1ccc([C@H](C)NC(=O)[C@@H]2C[C@@H](O)CN2C(=O)[C@@H](NC(=O)CCCCCCCNC(=O)c2ccc(C(=O)N3CCC(CCCCNC(=O)/C=C/c4cccnc4)CC3)cc2)C(C)(C)C)cc1. The number of nitrogens with one attached hydrogen (secondary N) is 4. The quantitative estimate of drug-likeness (QED) is 0.0363. The van der Waals surface area contributed by atoms with Gasteiger partial charge in [0.2, 0.25) is 23.6 Å². The summed E-state index contributed by atoms with van der Waals surface area (Å²) < 4.78 is 0. The number of carbonyl (C=O) groups is 6. The highest BCUT2D eigenvalue weighted by Gasteiger charge is 2.44. The molecule has 2 aliphatic heterocycles. The number of aliphatic hydroxyl groups excluding tert-OH is 1. The van der Waals surface area contributed by atoms with Crippen molar-refractivity contribution in [2.45, 2.75) is 136 Å². The van der Waals surface area contributed by atoms with Crippen molar-refractivity contribution >= 4 is 52.9 Å². The van der Waals surface area contributed by atoms with Crippen molar-refractivity contribution in [2.75, 3.05) is 32.7 Å². The molecular weight excluding hydrogens is 929 g/mol. The maximum atomic E-state index is 14.1. The molecule has 4 heterocycles. The van der Waals surface area contributed by atoms with Crippen LogP contribution in [-0.4, -0.2) is 111 Å². The highest BCUT2D eigenvalue weighted by molar-refractivity contribution is 7.13. The number of hydrogen-bond donors (Lipinski definition) is 5. The monoisotopic (exact) mass is 1000 g/mol. The molecule has 0 saturated carbocycles. The number of nitrogens with zero attached hydrogens (tertiary/aromatic N) is 4. The minimum Gasteiger partial charge on any atom is -0.391 e. The predicted octanol–water partition coefficient (Wildman–Crippen LogP) is 7.81. The van der Waals surface area contributed by atoms with Crippen LogP contribution in [0, 0.1) is 18.3 Å². The lowest BCUT2D eigenvalue weighted by atomic mass is 9.85. The Balaban J connectivity index is 0.825. The van der Waals surface area contributed by atoms with Gasteiger partial charge in [-0.25, -0.2) is 4.98 Å². The summed E-state index contributed by atoms with van der Waals surface area (Å²) in [6.07, 6.45) is 15.0. The molecule has 6 rings (SSSR count). The molecule has 0 spiro atoms. The zero-order valence-corrected chi connectivity index (χ0v) is 43.5. The second-order valence-corrected chi connectivity index (χ2v) is 21.2. The molecule has 0 bridgehead atoms. The second-order valence-electron chi connectivity index (χ2n) is 20.4. The van der Waals surface area contributed by atoms with E-state index < -0.39 is 29.5 Å². The molecular formula is C56H74N8O7S. The lowest BCUT2D eigenvalue weighted by Crippen LogP contribution is -2.57. The average molecular weight is 1000 g/mol. The number of rotatable bonds is 23. The van der Waals surface area contributed by atoms with E-state index in [4.69, 9.17) is 0 Å². The molecule has 72 heavy (non-hydrogen) atoms. The summed E-state index contributed by atoms with van der Waals surface area (Å²) in [6, 6.07) is 16.4.